The SMILES string of the molecule is [2H]CC(CC)CP. The standard InChI is InChI=1S/C5H13P/c1-3-5(2)4-6/h5H,3-4,6H2,1-2H3/i2D. The predicted octanol–water partition coefficient (Wildman–Crippen LogP) is 1.91. The molecule has 0 aromatic heterocycles. The molecule has 0 heterocycles. The van der Waals surface area contributed by atoms with Crippen molar-refractivity contribution in [2.75, 3.05) is 6.16 Å². The van der Waals surface area contributed by atoms with Crippen LogP contribution in [-0.2, 0) is 0 Å². The molecule has 6 heavy (non-hydrogen) atoms. The average molecular weight is 105 g/mol. The molecule has 0 aliphatic carbocycles. The monoisotopic (exact) mass is 105 g/mol. The summed E-state index contributed by atoms with van der Waals surface area (Å²) in [5.41, 5.74) is 0. The summed E-state index contributed by atoms with van der Waals surface area (Å²) in [6.07, 6.45) is 2.23. The van der Waals surface area contributed by atoms with Crippen LogP contribution in [0.4, 0.5) is 0 Å². The van der Waals surface area contributed by atoms with Crippen LogP contribution in [0.25, 0.3) is 0 Å². The molecule has 0 bridgehead atoms. The second-order valence-corrected chi connectivity index (χ2v) is 1.98. The summed E-state index contributed by atoms with van der Waals surface area (Å²) < 4.78 is 6.95. The van der Waals surface area contributed by atoms with E-state index < -0.39 is 0 Å². The fourth-order valence-corrected chi connectivity index (χ4v) is 0.500. The molecule has 0 saturated heterocycles. The minimum Gasteiger partial charge on any atom is -0.137 e. The molecular formula is C5H13P. The Labute approximate surface area is 43.9 Å². The third kappa shape index (κ3) is 2.66. The van der Waals surface area contributed by atoms with Crippen LogP contribution >= 0.6 is 9.24 Å². The summed E-state index contributed by atoms with van der Waals surface area (Å²) in [4.78, 5) is 0. The Balaban J connectivity index is 2.99. The van der Waals surface area contributed by atoms with E-state index in [0.717, 1.165) is 12.6 Å². The zero-order chi connectivity index (χ0) is 5.70. The molecule has 0 aliphatic rings. The lowest BCUT2D eigenvalue weighted by molar-refractivity contribution is 0.637. The zero-order valence-corrected chi connectivity index (χ0v) is 5.43. The molecule has 0 N–H and O–H groups in total. The highest BCUT2D eigenvalue weighted by atomic mass is 31.0. The first-order chi connectivity index (χ1) is 3.35. The highest BCUT2D eigenvalue weighted by Crippen LogP contribution is 2.02. The summed E-state index contributed by atoms with van der Waals surface area (Å²) in [6, 6.07) is 0. The van der Waals surface area contributed by atoms with E-state index in [2.05, 4.69) is 16.2 Å². The Hall–Kier alpha value is 0.430. The summed E-state index contributed by atoms with van der Waals surface area (Å²) in [5.74, 6) is 0.616. The smallest absolute Gasteiger partial charge is 0.0233 e. The van der Waals surface area contributed by atoms with Crippen molar-refractivity contribution in [1.82, 2.24) is 0 Å². The molecule has 1 heteroatoms. The van der Waals surface area contributed by atoms with Crippen LogP contribution in [0.2, 0.25) is 0 Å². The Bertz CT molecular complexity index is 29.6. The molecule has 0 rings (SSSR count). The topological polar surface area (TPSA) is 0 Å². The van der Waals surface area contributed by atoms with E-state index in [-0.39, 0.29) is 0 Å². The molecule has 0 amide bonds. The van der Waals surface area contributed by atoms with E-state index in [1.807, 2.05) is 0 Å². The van der Waals surface area contributed by atoms with Crippen molar-refractivity contribution in [2.45, 2.75) is 20.2 Å². The van der Waals surface area contributed by atoms with Gasteiger partial charge in [0.1, 0.15) is 0 Å². The van der Waals surface area contributed by atoms with Crippen LogP contribution in [-0.4, -0.2) is 6.16 Å². The molecule has 0 aromatic carbocycles. The van der Waals surface area contributed by atoms with E-state index >= 15 is 0 Å². The quantitative estimate of drug-likeness (QED) is 0.470. The van der Waals surface area contributed by atoms with Gasteiger partial charge >= 0.3 is 0 Å². The minimum atomic E-state index is 0.583. The van der Waals surface area contributed by atoms with Crippen molar-refractivity contribution >= 4 is 9.24 Å². The van der Waals surface area contributed by atoms with Gasteiger partial charge in [-0.15, -0.1) is 9.24 Å². The first-order valence-corrected chi connectivity index (χ1v) is 3.16. The number of hydrogen-bond donors (Lipinski definition) is 0. The second-order valence-electron chi connectivity index (χ2n) is 1.51. The van der Waals surface area contributed by atoms with Gasteiger partial charge in [0.15, 0.2) is 0 Å². The molecule has 0 nitrogen and oxygen atoms in total. The first-order valence-electron chi connectivity index (χ1n) is 3.05. The lowest BCUT2D eigenvalue weighted by Crippen LogP contribution is -1.89. The number of rotatable bonds is 2. The van der Waals surface area contributed by atoms with Crippen molar-refractivity contribution in [2.24, 2.45) is 5.92 Å². The van der Waals surface area contributed by atoms with Crippen molar-refractivity contribution in [3.63, 3.8) is 0 Å². The van der Waals surface area contributed by atoms with E-state index in [9.17, 15) is 0 Å². The van der Waals surface area contributed by atoms with Crippen LogP contribution in [0.15, 0.2) is 0 Å². The van der Waals surface area contributed by atoms with Gasteiger partial charge in [-0.2, -0.15) is 0 Å². The van der Waals surface area contributed by atoms with Gasteiger partial charge in [0.05, 0.1) is 0 Å². The van der Waals surface area contributed by atoms with Crippen molar-refractivity contribution in [1.29, 1.82) is 0 Å². The second kappa shape index (κ2) is 3.61. The van der Waals surface area contributed by atoms with Crippen LogP contribution in [0, 0.1) is 5.92 Å². The summed E-state index contributed by atoms with van der Waals surface area (Å²) in [5, 5.41) is 0. The van der Waals surface area contributed by atoms with E-state index in [4.69, 9.17) is 1.37 Å². The van der Waals surface area contributed by atoms with Gasteiger partial charge in [-0.05, 0) is 12.1 Å². The maximum Gasteiger partial charge on any atom is 0.0233 e. The molecule has 0 saturated carbocycles. The molecule has 0 spiro atoms. The normalized spacial score (nSPS) is 16.7. The fourth-order valence-electron chi connectivity index (χ4n) is 0.167. The lowest BCUT2D eigenvalue weighted by atomic mass is 10.2. The average Bonchev–Trinajstić information content (AvgIpc) is 1.72. The third-order valence-corrected chi connectivity index (χ3v) is 1.58. The molecular weight excluding hydrogens is 91.0 g/mol. The molecule has 0 aromatic rings. The zero-order valence-electron chi connectivity index (χ0n) is 5.28. The summed E-state index contributed by atoms with van der Waals surface area (Å²) >= 11 is 0. The van der Waals surface area contributed by atoms with E-state index in [1.165, 1.54) is 0 Å². The Morgan fingerprint density at radius 1 is 2.00 bits per heavy atom. The first kappa shape index (κ1) is 4.59. The third-order valence-electron chi connectivity index (χ3n) is 0.911. The van der Waals surface area contributed by atoms with Crippen molar-refractivity contribution in [3.8, 4) is 0 Å². The Morgan fingerprint density at radius 2 is 2.67 bits per heavy atom. The van der Waals surface area contributed by atoms with Gasteiger partial charge in [0.25, 0.3) is 0 Å². The van der Waals surface area contributed by atoms with Gasteiger partial charge in [-0.3, -0.25) is 0 Å². The van der Waals surface area contributed by atoms with Crippen LogP contribution in [0.3, 0.4) is 0 Å². The van der Waals surface area contributed by atoms with Crippen LogP contribution in [0.5, 0.6) is 0 Å². The Morgan fingerprint density at radius 3 is 2.67 bits per heavy atom. The fraction of sp³-hybridized carbons (Fsp3) is 1.00. The van der Waals surface area contributed by atoms with Gasteiger partial charge < -0.3 is 0 Å². The summed E-state index contributed by atoms with van der Waals surface area (Å²) in [6.45, 7) is 2.71. The molecule has 2 unspecified atom stereocenters. The maximum atomic E-state index is 6.95. The molecule has 0 radical (unpaired) electrons. The summed E-state index contributed by atoms with van der Waals surface area (Å²) in [7, 11) is 2.66. The molecule has 2 atom stereocenters. The maximum absolute atomic E-state index is 6.95. The molecule has 38 valence electrons. The highest BCUT2D eigenvalue weighted by molar-refractivity contribution is 7.16. The van der Waals surface area contributed by atoms with E-state index in [1.54, 1.807) is 0 Å². The number of hydrogen-bond acceptors (Lipinski definition) is 0. The lowest BCUT2D eigenvalue weighted by Gasteiger charge is -1.98. The predicted molar refractivity (Wildman–Crippen MR) is 34.0 cm³/mol. The van der Waals surface area contributed by atoms with E-state index in [0.29, 0.717) is 12.8 Å². The largest absolute Gasteiger partial charge is 0.137 e. The highest BCUT2D eigenvalue weighted by Gasteiger charge is 1.88. The van der Waals surface area contributed by atoms with Crippen molar-refractivity contribution < 1.29 is 1.37 Å². The van der Waals surface area contributed by atoms with Gasteiger partial charge in [-0.1, -0.05) is 20.2 Å². The van der Waals surface area contributed by atoms with Crippen LogP contribution < -0.4 is 0 Å². The van der Waals surface area contributed by atoms with Gasteiger partial charge in [-0.25, -0.2) is 0 Å². The van der Waals surface area contributed by atoms with Crippen LogP contribution in [0.1, 0.15) is 21.6 Å². The van der Waals surface area contributed by atoms with Gasteiger partial charge in [0.2, 0.25) is 0 Å². The minimum absolute atomic E-state index is 0.583. The molecule has 0 fully saturated rings. The van der Waals surface area contributed by atoms with Gasteiger partial charge in [0, 0.05) is 1.37 Å². The Kier molecular flexibility index (Phi) is 2.76. The molecule has 0 aliphatic heterocycles. The van der Waals surface area contributed by atoms with Crippen molar-refractivity contribution in [3.05, 3.63) is 0 Å².